The minimum atomic E-state index is -4.67. The first-order valence-corrected chi connectivity index (χ1v) is 11.5. The zero-order valence-corrected chi connectivity index (χ0v) is 18.8. The molecule has 7 nitrogen and oxygen atoms in total. The fourth-order valence-electron chi connectivity index (χ4n) is 4.24. The highest BCUT2D eigenvalue weighted by Crippen LogP contribution is 2.45. The van der Waals surface area contributed by atoms with E-state index in [1.54, 1.807) is 18.2 Å². The molecule has 35 heavy (non-hydrogen) atoms. The van der Waals surface area contributed by atoms with Gasteiger partial charge < -0.3 is 9.73 Å². The fraction of sp³-hybridized carbons (Fsp3) is 0.208. The maximum atomic E-state index is 13.4. The lowest BCUT2D eigenvalue weighted by Gasteiger charge is -2.20. The average Bonchev–Trinajstić information content (AvgIpc) is 3.47. The zero-order chi connectivity index (χ0) is 24.7. The number of para-hydroxylation sites is 1. The summed E-state index contributed by atoms with van der Waals surface area (Å²) in [7, 11) is 0. The van der Waals surface area contributed by atoms with Crippen molar-refractivity contribution in [3.05, 3.63) is 105 Å². The number of carbonyl (C=O) groups excluding carboxylic acids is 1. The highest BCUT2D eigenvalue weighted by atomic mass is 32.2. The van der Waals surface area contributed by atoms with Crippen LogP contribution in [0.3, 0.4) is 0 Å². The number of thioether (sulfide) groups is 1. The van der Waals surface area contributed by atoms with Gasteiger partial charge in [0, 0.05) is 11.2 Å². The largest absolute Gasteiger partial charge is 0.467 e. The molecule has 2 unspecified atom stereocenters. The molecule has 11 heteroatoms. The minimum Gasteiger partial charge on any atom is -0.467 e. The molecule has 2 aromatic heterocycles. The van der Waals surface area contributed by atoms with Crippen molar-refractivity contribution in [1.29, 1.82) is 0 Å². The Kier molecular flexibility index (Phi) is 5.79. The normalized spacial score (nSPS) is 18.4. The Morgan fingerprint density at radius 1 is 1.06 bits per heavy atom. The summed E-state index contributed by atoms with van der Waals surface area (Å²) in [5.41, 5.74) is -2.27. The number of carbonyl (C=O) groups is 1. The second-order valence-electron chi connectivity index (χ2n) is 8.02. The summed E-state index contributed by atoms with van der Waals surface area (Å²) >= 11 is 1.29. The van der Waals surface area contributed by atoms with Gasteiger partial charge in [-0.25, -0.2) is 4.79 Å². The molecule has 3 aromatic rings. The predicted octanol–water partition coefficient (Wildman–Crippen LogP) is 3.99. The molecule has 0 spiro atoms. The molecule has 1 aliphatic heterocycles. The molecule has 0 radical (unpaired) electrons. The van der Waals surface area contributed by atoms with Gasteiger partial charge >= 0.3 is 11.9 Å². The summed E-state index contributed by atoms with van der Waals surface area (Å²) in [6, 6.07) is 7.84. The molecule has 2 atom stereocenters. The molecule has 0 saturated heterocycles. The third-order valence-corrected chi connectivity index (χ3v) is 7.12. The van der Waals surface area contributed by atoms with Crippen molar-refractivity contribution in [2.45, 2.75) is 35.3 Å². The van der Waals surface area contributed by atoms with E-state index < -0.39 is 41.1 Å². The van der Waals surface area contributed by atoms with Gasteiger partial charge in [0.15, 0.2) is 0 Å². The molecule has 5 rings (SSSR count). The first kappa shape index (κ1) is 23.0. The highest BCUT2D eigenvalue weighted by Gasteiger charge is 2.38. The summed E-state index contributed by atoms with van der Waals surface area (Å²) in [6.07, 6.45) is 4.12. The van der Waals surface area contributed by atoms with Gasteiger partial charge in [-0.15, -0.1) is 11.8 Å². The van der Waals surface area contributed by atoms with Crippen LogP contribution in [-0.4, -0.2) is 20.3 Å². The monoisotopic (exact) mass is 501 g/mol. The molecule has 0 saturated carbocycles. The Bertz CT molecular complexity index is 1470. The van der Waals surface area contributed by atoms with E-state index in [0.717, 1.165) is 16.7 Å². The van der Waals surface area contributed by atoms with E-state index in [9.17, 15) is 27.6 Å². The molecule has 3 heterocycles. The Hall–Kier alpha value is -3.73. The molecule has 1 amide bonds. The van der Waals surface area contributed by atoms with Crippen LogP contribution < -0.4 is 16.6 Å². The summed E-state index contributed by atoms with van der Waals surface area (Å²) < 4.78 is 47.5. The van der Waals surface area contributed by atoms with Gasteiger partial charge in [-0.2, -0.15) is 13.2 Å². The smallest absolute Gasteiger partial charge is 0.418 e. The third kappa shape index (κ3) is 4.27. The maximum Gasteiger partial charge on any atom is 0.418 e. The van der Waals surface area contributed by atoms with Crippen molar-refractivity contribution in [3.8, 4) is 0 Å². The number of amides is 1. The van der Waals surface area contributed by atoms with Crippen LogP contribution in [0.5, 0.6) is 0 Å². The number of anilines is 1. The summed E-state index contributed by atoms with van der Waals surface area (Å²) in [6.45, 7) is -0.703. The lowest BCUT2D eigenvalue weighted by Crippen LogP contribution is -2.44. The maximum absolute atomic E-state index is 13.4. The van der Waals surface area contributed by atoms with Gasteiger partial charge in [-0.1, -0.05) is 36.4 Å². The van der Waals surface area contributed by atoms with Crippen LogP contribution in [0.2, 0.25) is 0 Å². The number of rotatable bonds is 5. The second-order valence-corrected chi connectivity index (χ2v) is 9.21. The van der Waals surface area contributed by atoms with Crippen molar-refractivity contribution in [2.24, 2.45) is 0 Å². The molecular weight excluding hydrogens is 483 g/mol. The quantitative estimate of drug-likeness (QED) is 0.572. The number of allylic oxidation sites excluding steroid dienone is 3. The zero-order valence-electron chi connectivity index (χ0n) is 18.0. The molecule has 1 N–H and O–H groups in total. The Morgan fingerprint density at radius 3 is 2.57 bits per heavy atom. The average molecular weight is 501 g/mol. The van der Waals surface area contributed by atoms with E-state index in [4.69, 9.17) is 4.42 Å². The number of fused-ring (bicyclic) bond motifs is 3. The molecule has 180 valence electrons. The van der Waals surface area contributed by atoms with Gasteiger partial charge in [0.25, 0.3) is 5.56 Å². The van der Waals surface area contributed by atoms with Crippen LogP contribution in [0.4, 0.5) is 18.9 Å². The van der Waals surface area contributed by atoms with Crippen molar-refractivity contribution in [1.82, 2.24) is 9.13 Å². The Balaban J connectivity index is 1.56. The van der Waals surface area contributed by atoms with Gasteiger partial charge in [0.05, 0.1) is 34.6 Å². The highest BCUT2D eigenvalue weighted by molar-refractivity contribution is 8.00. The van der Waals surface area contributed by atoms with Crippen LogP contribution in [0.1, 0.15) is 22.9 Å². The van der Waals surface area contributed by atoms with Crippen molar-refractivity contribution < 1.29 is 22.4 Å². The van der Waals surface area contributed by atoms with Crippen LogP contribution >= 0.6 is 11.8 Å². The molecule has 0 bridgehead atoms. The van der Waals surface area contributed by atoms with Gasteiger partial charge in [0.1, 0.15) is 12.3 Å². The lowest BCUT2D eigenvalue weighted by atomic mass is 9.96. The molecule has 2 aliphatic rings. The number of hydrogen-bond acceptors (Lipinski definition) is 5. The Labute approximate surface area is 200 Å². The number of aromatic nitrogens is 2. The predicted molar refractivity (Wildman–Crippen MR) is 124 cm³/mol. The molecule has 1 aliphatic carbocycles. The van der Waals surface area contributed by atoms with Crippen LogP contribution in [0.25, 0.3) is 0 Å². The molecular formula is C24H18F3N3O4S. The van der Waals surface area contributed by atoms with E-state index in [0.29, 0.717) is 16.3 Å². The summed E-state index contributed by atoms with van der Waals surface area (Å²) in [5, 5.41) is 2.14. The first-order chi connectivity index (χ1) is 16.7. The summed E-state index contributed by atoms with van der Waals surface area (Å²) in [5.74, 6) is -0.772. The van der Waals surface area contributed by atoms with Gasteiger partial charge in [-0.05, 0) is 24.3 Å². The van der Waals surface area contributed by atoms with Crippen molar-refractivity contribution in [3.63, 3.8) is 0 Å². The van der Waals surface area contributed by atoms with E-state index in [-0.39, 0.29) is 17.7 Å². The van der Waals surface area contributed by atoms with E-state index in [1.807, 2.05) is 18.2 Å². The number of nitrogens with one attached hydrogen (secondary N) is 1. The molecule has 0 fully saturated rings. The SMILES string of the molecule is O=C(Cn1c2c(c(=O)n(Cc3ccco3)c1=O)SC1C=CC=CC21)Nc1ccccc1C(F)(F)F. The van der Waals surface area contributed by atoms with Gasteiger partial charge in [0.2, 0.25) is 5.91 Å². The Morgan fingerprint density at radius 2 is 1.83 bits per heavy atom. The second kappa shape index (κ2) is 8.81. The number of furan rings is 1. The number of hydrogen-bond donors (Lipinski definition) is 1. The standard InChI is InChI=1S/C24H18F3N3O4S/c25-24(26,27)16-8-2-3-9-17(16)28-19(31)13-29-20-15-7-1-4-10-18(15)35-21(20)22(32)30(23(29)33)12-14-6-5-11-34-14/h1-11,15,18H,12-13H2,(H,28,31). The van der Waals surface area contributed by atoms with Crippen molar-refractivity contribution in [2.75, 3.05) is 5.32 Å². The lowest BCUT2D eigenvalue weighted by molar-refractivity contribution is -0.137. The van der Waals surface area contributed by atoms with Crippen LogP contribution in [0, 0.1) is 0 Å². The number of alkyl halides is 3. The first-order valence-electron chi connectivity index (χ1n) is 10.6. The fourth-order valence-corrected chi connectivity index (χ4v) is 5.62. The number of benzene rings is 1. The topological polar surface area (TPSA) is 86.2 Å². The van der Waals surface area contributed by atoms with Gasteiger partial charge in [-0.3, -0.25) is 18.7 Å². The van der Waals surface area contributed by atoms with E-state index >= 15 is 0 Å². The van der Waals surface area contributed by atoms with Crippen molar-refractivity contribution >= 4 is 23.4 Å². The molecule has 1 aromatic carbocycles. The van der Waals surface area contributed by atoms with E-state index in [2.05, 4.69) is 5.32 Å². The third-order valence-electron chi connectivity index (χ3n) is 5.78. The van der Waals surface area contributed by atoms with Crippen LogP contribution in [-0.2, 0) is 24.1 Å². The minimum absolute atomic E-state index is 0.137. The number of nitrogens with zero attached hydrogens (tertiary/aromatic N) is 2. The van der Waals surface area contributed by atoms with E-state index in [1.165, 1.54) is 34.7 Å². The summed E-state index contributed by atoms with van der Waals surface area (Å²) in [4.78, 5) is 39.9. The number of halogens is 3. The van der Waals surface area contributed by atoms with Crippen LogP contribution in [0.15, 0.2) is 85.9 Å².